The Balaban J connectivity index is 1.76. The van der Waals surface area contributed by atoms with E-state index < -0.39 is 40.4 Å². The van der Waals surface area contributed by atoms with Gasteiger partial charge in [0.25, 0.3) is 10.1 Å². The molecule has 11 heteroatoms. The number of azide groups is 1. The lowest BCUT2D eigenvalue weighted by Gasteiger charge is -2.25. The minimum absolute atomic E-state index is 0.0656. The molecule has 3 rings (SSSR count). The molecule has 0 aliphatic carbocycles. The van der Waals surface area contributed by atoms with Gasteiger partial charge in [-0.1, -0.05) is 65.8 Å². The van der Waals surface area contributed by atoms with Gasteiger partial charge >= 0.3 is 5.97 Å². The predicted molar refractivity (Wildman–Crippen MR) is 114 cm³/mol. The summed E-state index contributed by atoms with van der Waals surface area (Å²) in [5.74, 6) is -0.917. The maximum atomic E-state index is 12.4. The van der Waals surface area contributed by atoms with Gasteiger partial charge in [0, 0.05) is 4.91 Å². The number of nitrogens with zero attached hydrogens (tertiary/aromatic N) is 3. The molecule has 1 aliphatic rings. The highest BCUT2D eigenvalue weighted by Crippen LogP contribution is 2.28. The topological polar surface area (TPSA) is 137 Å². The van der Waals surface area contributed by atoms with Crippen LogP contribution in [0, 0.1) is 0 Å². The molecule has 0 unspecified atom stereocenters. The van der Waals surface area contributed by atoms with Crippen molar-refractivity contribution in [1.29, 1.82) is 0 Å². The zero-order valence-corrected chi connectivity index (χ0v) is 18.1. The minimum Gasteiger partial charge on any atom is -0.457 e. The standard InChI is InChI=1S/C21H23N3O7S/c1-32(26,27)31-20-19(29-13-16-10-6-3-7-11-16)18(30-21(20)25)17(23-24-22)14-28-12-15-8-4-2-5-9-15/h2-11,17-20H,12-14H2,1H3/t17-,18-,19+,20+/m0/s1. The van der Waals surface area contributed by atoms with Crippen molar-refractivity contribution in [3.05, 3.63) is 82.2 Å². The van der Waals surface area contributed by atoms with Crippen molar-refractivity contribution in [3.63, 3.8) is 0 Å². The molecule has 1 fully saturated rings. The summed E-state index contributed by atoms with van der Waals surface area (Å²) in [6, 6.07) is 17.5. The largest absolute Gasteiger partial charge is 0.457 e. The van der Waals surface area contributed by atoms with Crippen LogP contribution in [0.25, 0.3) is 10.4 Å². The summed E-state index contributed by atoms with van der Waals surface area (Å²) >= 11 is 0. The van der Waals surface area contributed by atoms with Gasteiger partial charge in [0.1, 0.15) is 18.2 Å². The number of cyclic esters (lactones) is 1. The molecule has 2 aromatic rings. The normalized spacial score (nSPS) is 21.5. The Morgan fingerprint density at radius 2 is 1.66 bits per heavy atom. The van der Waals surface area contributed by atoms with Crippen LogP contribution in [0.1, 0.15) is 11.1 Å². The van der Waals surface area contributed by atoms with Crippen molar-refractivity contribution in [1.82, 2.24) is 0 Å². The van der Waals surface area contributed by atoms with E-state index in [4.69, 9.17) is 23.9 Å². The SMILES string of the molecule is CS(=O)(=O)O[C@H]1C(=O)O[C@@H]([C@H](COCc2ccccc2)N=[N+]=[N-])[C@H]1OCc1ccccc1. The first kappa shape index (κ1) is 23.7. The summed E-state index contributed by atoms with van der Waals surface area (Å²) in [5.41, 5.74) is 10.7. The third-order valence-electron chi connectivity index (χ3n) is 4.65. The third kappa shape index (κ3) is 6.78. The van der Waals surface area contributed by atoms with Crippen molar-refractivity contribution in [2.24, 2.45) is 5.11 Å². The highest BCUT2D eigenvalue weighted by atomic mass is 32.2. The van der Waals surface area contributed by atoms with E-state index in [9.17, 15) is 13.2 Å². The summed E-state index contributed by atoms with van der Waals surface area (Å²) in [7, 11) is -3.99. The molecule has 0 spiro atoms. The number of hydrogen-bond donors (Lipinski definition) is 0. The highest BCUT2D eigenvalue weighted by Gasteiger charge is 2.51. The smallest absolute Gasteiger partial charge is 0.340 e. The number of rotatable bonds is 11. The fourth-order valence-electron chi connectivity index (χ4n) is 3.24. The second kappa shape index (κ2) is 11.1. The third-order valence-corrected chi connectivity index (χ3v) is 5.21. The first-order chi connectivity index (χ1) is 15.4. The van der Waals surface area contributed by atoms with E-state index in [1.165, 1.54) is 0 Å². The van der Waals surface area contributed by atoms with Crippen LogP contribution in [-0.4, -0.2) is 51.6 Å². The summed E-state index contributed by atoms with van der Waals surface area (Å²) < 4.78 is 45.2. The molecule has 4 atom stereocenters. The summed E-state index contributed by atoms with van der Waals surface area (Å²) in [4.78, 5) is 15.2. The minimum atomic E-state index is -3.99. The molecule has 10 nitrogen and oxygen atoms in total. The van der Waals surface area contributed by atoms with Gasteiger partial charge in [-0.3, -0.25) is 4.18 Å². The van der Waals surface area contributed by atoms with Crippen molar-refractivity contribution in [3.8, 4) is 0 Å². The van der Waals surface area contributed by atoms with Crippen LogP contribution in [0.5, 0.6) is 0 Å². The molecule has 0 saturated carbocycles. The van der Waals surface area contributed by atoms with Crippen LogP contribution < -0.4 is 0 Å². The molecule has 1 aliphatic heterocycles. The van der Waals surface area contributed by atoms with Crippen LogP contribution in [0.15, 0.2) is 65.8 Å². The van der Waals surface area contributed by atoms with E-state index in [2.05, 4.69) is 10.0 Å². The highest BCUT2D eigenvalue weighted by molar-refractivity contribution is 7.86. The van der Waals surface area contributed by atoms with Gasteiger partial charge in [-0.15, -0.1) is 0 Å². The maximum Gasteiger partial charge on any atom is 0.340 e. The predicted octanol–water partition coefficient (Wildman–Crippen LogP) is 2.74. The molecular formula is C21H23N3O7S. The van der Waals surface area contributed by atoms with Crippen molar-refractivity contribution in [2.45, 2.75) is 37.6 Å². The van der Waals surface area contributed by atoms with E-state index >= 15 is 0 Å². The van der Waals surface area contributed by atoms with Gasteiger partial charge in [0.2, 0.25) is 6.10 Å². The average Bonchev–Trinajstić information content (AvgIpc) is 3.07. The fraction of sp³-hybridized carbons (Fsp3) is 0.381. The van der Waals surface area contributed by atoms with Gasteiger partial charge in [-0.2, -0.15) is 8.42 Å². The zero-order valence-electron chi connectivity index (χ0n) is 17.3. The Bertz CT molecular complexity index is 1040. The lowest BCUT2D eigenvalue weighted by molar-refractivity contribution is -0.147. The Morgan fingerprint density at radius 1 is 1.06 bits per heavy atom. The molecule has 0 aromatic heterocycles. The summed E-state index contributed by atoms with van der Waals surface area (Å²) in [6.07, 6.45) is -2.92. The summed E-state index contributed by atoms with van der Waals surface area (Å²) in [5, 5.41) is 3.70. The second-order valence-electron chi connectivity index (χ2n) is 7.16. The number of hydrogen-bond acceptors (Lipinski definition) is 8. The summed E-state index contributed by atoms with van der Waals surface area (Å²) in [6.45, 7) is 0.238. The number of esters is 1. The van der Waals surface area contributed by atoms with Gasteiger partial charge in [0.05, 0.1) is 26.1 Å². The first-order valence-corrected chi connectivity index (χ1v) is 11.6. The van der Waals surface area contributed by atoms with Crippen molar-refractivity contribution >= 4 is 16.1 Å². The number of carbonyl (C=O) groups excluding carboxylic acids is 1. The second-order valence-corrected chi connectivity index (χ2v) is 8.76. The molecular weight excluding hydrogens is 438 g/mol. The van der Waals surface area contributed by atoms with Gasteiger partial charge in [-0.25, -0.2) is 4.79 Å². The maximum absolute atomic E-state index is 12.4. The Morgan fingerprint density at radius 3 is 2.22 bits per heavy atom. The van der Waals surface area contributed by atoms with Crippen molar-refractivity contribution < 1.29 is 31.6 Å². The molecule has 0 radical (unpaired) electrons. The molecule has 0 bridgehead atoms. The van der Waals surface area contributed by atoms with Crippen LogP contribution >= 0.6 is 0 Å². The van der Waals surface area contributed by atoms with Crippen LogP contribution in [0.3, 0.4) is 0 Å². The van der Waals surface area contributed by atoms with Crippen LogP contribution in [0.4, 0.5) is 0 Å². The Labute approximate surface area is 185 Å². The molecule has 2 aromatic carbocycles. The first-order valence-electron chi connectivity index (χ1n) is 9.77. The number of carbonyl (C=O) groups is 1. The lowest BCUT2D eigenvalue weighted by Crippen LogP contribution is -2.43. The van der Waals surface area contributed by atoms with Gasteiger partial charge in [-0.05, 0) is 16.7 Å². The molecule has 0 N–H and O–H groups in total. The fourth-order valence-corrected chi connectivity index (χ4v) is 3.80. The molecule has 170 valence electrons. The van der Waals surface area contributed by atoms with Gasteiger partial charge < -0.3 is 14.2 Å². The Hall–Kier alpha value is -2.95. The van der Waals surface area contributed by atoms with Crippen LogP contribution in [-0.2, 0) is 46.5 Å². The van der Waals surface area contributed by atoms with E-state index in [0.29, 0.717) is 0 Å². The quantitative estimate of drug-likeness (QED) is 0.165. The number of benzene rings is 2. The molecule has 1 saturated heterocycles. The van der Waals surface area contributed by atoms with E-state index in [1.807, 2.05) is 60.7 Å². The number of ether oxygens (including phenoxy) is 3. The lowest BCUT2D eigenvalue weighted by atomic mass is 10.0. The molecule has 0 amide bonds. The van der Waals surface area contributed by atoms with E-state index in [0.717, 1.165) is 17.4 Å². The average molecular weight is 461 g/mol. The Kier molecular flexibility index (Phi) is 8.20. The van der Waals surface area contributed by atoms with Crippen molar-refractivity contribution in [2.75, 3.05) is 12.9 Å². The zero-order chi connectivity index (χ0) is 23.0. The molecule has 1 heterocycles. The monoisotopic (exact) mass is 461 g/mol. The molecule has 32 heavy (non-hydrogen) atoms. The van der Waals surface area contributed by atoms with E-state index in [1.54, 1.807) is 0 Å². The van der Waals surface area contributed by atoms with Gasteiger partial charge in [0.15, 0.2) is 0 Å². The van der Waals surface area contributed by atoms with Crippen LogP contribution in [0.2, 0.25) is 0 Å². The van der Waals surface area contributed by atoms with E-state index in [-0.39, 0.29) is 19.8 Å².